The molecule has 20 heavy (non-hydrogen) atoms. The Hall–Kier alpha value is -0.910. The van der Waals surface area contributed by atoms with E-state index in [-0.39, 0.29) is 5.60 Å². The van der Waals surface area contributed by atoms with Crippen LogP contribution in [0.5, 0.6) is 0 Å². The van der Waals surface area contributed by atoms with E-state index in [1.54, 1.807) is 0 Å². The van der Waals surface area contributed by atoms with E-state index in [1.807, 2.05) is 10.9 Å². The van der Waals surface area contributed by atoms with Crippen LogP contribution in [0.4, 0.5) is 0 Å². The van der Waals surface area contributed by atoms with Crippen LogP contribution < -0.4 is 0 Å². The molecule has 1 spiro atoms. The van der Waals surface area contributed by atoms with Crippen LogP contribution >= 0.6 is 0 Å². The molecule has 112 valence electrons. The molecule has 0 bridgehead atoms. The van der Waals surface area contributed by atoms with E-state index in [4.69, 9.17) is 9.47 Å². The summed E-state index contributed by atoms with van der Waals surface area (Å²) in [5, 5.41) is 4.33. The van der Waals surface area contributed by atoms with Crippen molar-refractivity contribution in [2.24, 2.45) is 0 Å². The quantitative estimate of drug-likeness (QED) is 0.822. The maximum atomic E-state index is 6.03. The maximum absolute atomic E-state index is 6.03. The SMILES string of the molecule is CCO[C@H]1CCOC2(C1)CN(Cc1cnn(CC)c1)C2. The van der Waals surface area contributed by atoms with Gasteiger partial charge in [-0.3, -0.25) is 9.58 Å². The molecular formula is C15H25N3O2. The minimum Gasteiger partial charge on any atom is -0.378 e. The van der Waals surface area contributed by atoms with Crippen molar-refractivity contribution in [3.05, 3.63) is 18.0 Å². The third-order valence-electron chi connectivity index (χ3n) is 4.29. The predicted molar refractivity (Wildman–Crippen MR) is 76.5 cm³/mol. The highest BCUT2D eigenvalue weighted by molar-refractivity contribution is 5.08. The number of rotatable bonds is 5. The van der Waals surface area contributed by atoms with Gasteiger partial charge in [-0.1, -0.05) is 0 Å². The first-order valence-electron chi connectivity index (χ1n) is 7.72. The number of hydrogen-bond donors (Lipinski definition) is 0. The molecule has 0 aromatic carbocycles. The van der Waals surface area contributed by atoms with Crippen molar-refractivity contribution in [2.75, 3.05) is 26.3 Å². The lowest BCUT2D eigenvalue weighted by molar-refractivity contribution is -0.198. The molecule has 3 heterocycles. The Kier molecular flexibility index (Phi) is 4.10. The fourth-order valence-electron chi connectivity index (χ4n) is 3.38. The topological polar surface area (TPSA) is 39.5 Å². The standard InChI is InChI=1S/C15H25N3O2/c1-3-18-10-13(8-16-18)9-17-11-15(12-17)7-14(19-4-2)5-6-20-15/h8,10,14H,3-7,9,11-12H2,1-2H3/t14-/m0/s1. The van der Waals surface area contributed by atoms with E-state index in [0.717, 1.165) is 52.2 Å². The van der Waals surface area contributed by atoms with E-state index >= 15 is 0 Å². The van der Waals surface area contributed by atoms with Crippen LogP contribution in [0.2, 0.25) is 0 Å². The normalized spacial score (nSPS) is 25.8. The Bertz CT molecular complexity index is 438. The Morgan fingerprint density at radius 3 is 3.00 bits per heavy atom. The van der Waals surface area contributed by atoms with Crippen molar-refractivity contribution < 1.29 is 9.47 Å². The van der Waals surface area contributed by atoms with Gasteiger partial charge in [0, 0.05) is 57.6 Å². The highest BCUT2D eigenvalue weighted by Gasteiger charge is 2.47. The number of aryl methyl sites for hydroxylation is 1. The van der Waals surface area contributed by atoms with Gasteiger partial charge in [-0.25, -0.2) is 0 Å². The average Bonchev–Trinajstić information content (AvgIpc) is 2.86. The van der Waals surface area contributed by atoms with Crippen LogP contribution in [0, 0.1) is 0 Å². The van der Waals surface area contributed by atoms with Gasteiger partial charge in [0.15, 0.2) is 0 Å². The van der Waals surface area contributed by atoms with Crippen molar-refractivity contribution >= 4 is 0 Å². The first-order valence-corrected chi connectivity index (χ1v) is 7.72. The van der Waals surface area contributed by atoms with Crippen molar-refractivity contribution in [3.63, 3.8) is 0 Å². The number of likely N-dealkylation sites (tertiary alicyclic amines) is 1. The van der Waals surface area contributed by atoms with Gasteiger partial charge in [0.05, 0.1) is 17.9 Å². The van der Waals surface area contributed by atoms with E-state index in [0.29, 0.717) is 6.10 Å². The molecule has 3 rings (SSSR count). The highest BCUT2D eigenvalue weighted by Crippen LogP contribution is 2.35. The first-order chi connectivity index (χ1) is 9.73. The van der Waals surface area contributed by atoms with Crippen LogP contribution in [-0.2, 0) is 22.6 Å². The maximum Gasteiger partial charge on any atom is 0.0959 e. The van der Waals surface area contributed by atoms with E-state index in [9.17, 15) is 0 Å². The summed E-state index contributed by atoms with van der Waals surface area (Å²) in [6.45, 7) is 9.78. The minimum atomic E-state index is 0.0544. The molecule has 5 nitrogen and oxygen atoms in total. The summed E-state index contributed by atoms with van der Waals surface area (Å²) in [6, 6.07) is 0. The molecule has 0 amide bonds. The first kappa shape index (κ1) is 14.0. The van der Waals surface area contributed by atoms with Crippen molar-refractivity contribution in [3.8, 4) is 0 Å². The minimum absolute atomic E-state index is 0.0544. The monoisotopic (exact) mass is 279 g/mol. The van der Waals surface area contributed by atoms with Gasteiger partial charge in [-0.15, -0.1) is 0 Å². The van der Waals surface area contributed by atoms with Crippen molar-refractivity contribution in [1.82, 2.24) is 14.7 Å². The third kappa shape index (κ3) is 2.90. The van der Waals surface area contributed by atoms with Gasteiger partial charge in [0.2, 0.25) is 0 Å². The molecule has 1 aromatic rings. The average molecular weight is 279 g/mol. The van der Waals surface area contributed by atoms with Crippen LogP contribution in [0.25, 0.3) is 0 Å². The van der Waals surface area contributed by atoms with E-state index in [2.05, 4.69) is 30.0 Å². The molecule has 2 aliphatic rings. The smallest absolute Gasteiger partial charge is 0.0959 e. The van der Waals surface area contributed by atoms with Crippen LogP contribution in [0.1, 0.15) is 32.3 Å². The number of aromatic nitrogens is 2. The zero-order valence-electron chi connectivity index (χ0n) is 12.5. The molecule has 0 saturated carbocycles. The third-order valence-corrected chi connectivity index (χ3v) is 4.29. The van der Waals surface area contributed by atoms with Crippen LogP contribution in [-0.4, -0.2) is 52.7 Å². The van der Waals surface area contributed by atoms with Gasteiger partial charge in [-0.2, -0.15) is 5.10 Å². The molecule has 0 unspecified atom stereocenters. The summed E-state index contributed by atoms with van der Waals surface area (Å²) < 4.78 is 13.8. The molecule has 2 fully saturated rings. The van der Waals surface area contributed by atoms with Crippen molar-refractivity contribution in [2.45, 2.75) is 51.5 Å². The molecular weight excluding hydrogens is 254 g/mol. The molecule has 0 N–H and O–H groups in total. The van der Waals surface area contributed by atoms with Gasteiger partial charge in [0.25, 0.3) is 0 Å². The fraction of sp³-hybridized carbons (Fsp3) is 0.800. The summed E-state index contributed by atoms with van der Waals surface area (Å²) in [6.07, 6.45) is 6.58. The summed E-state index contributed by atoms with van der Waals surface area (Å²) in [4.78, 5) is 2.44. The lowest BCUT2D eigenvalue weighted by Gasteiger charge is -2.53. The Labute approximate surface area is 120 Å². The summed E-state index contributed by atoms with van der Waals surface area (Å²) in [5.41, 5.74) is 1.35. The molecule has 2 aliphatic heterocycles. The zero-order chi connectivity index (χ0) is 14.0. The van der Waals surface area contributed by atoms with Gasteiger partial charge in [0.1, 0.15) is 0 Å². The number of nitrogens with zero attached hydrogens (tertiary/aromatic N) is 3. The highest BCUT2D eigenvalue weighted by atomic mass is 16.5. The van der Waals surface area contributed by atoms with Gasteiger partial charge in [-0.05, 0) is 20.3 Å². The Morgan fingerprint density at radius 1 is 1.45 bits per heavy atom. The number of ether oxygens (including phenoxy) is 2. The predicted octanol–water partition coefficient (Wildman–Crippen LogP) is 1.67. The summed E-state index contributed by atoms with van der Waals surface area (Å²) in [7, 11) is 0. The zero-order valence-corrected chi connectivity index (χ0v) is 12.5. The lowest BCUT2D eigenvalue weighted by Crippen LogP contribution is -2.65. The van der Waals surface area contributed by atoms with E-state index < -0.39 is 0 Å². The summed E-state index contributed by atoms with van der Waals surface area (Å²) in [5.74, 6) is 0. The summed E-state index contributed by atoms with van der Waals surface area (Å²) >= 11 is 0. The van der Waals surface area contributed by atoms with Crippen LogP contribution in [0.15, 0.2) is 12.4 Å². The van der Waals surface area contributed by atoms with Crippen molar-refractivity contribution in [1.29, 1.82) is 0 Å². The Balaban J connectivity index is 1.50. The molecule has 0 radical (unpaired) electrons. The Morgan fingerprint density at radius 2 is 2.30 bits per heavy atom. The molecule has 2 saturated heterocycles. The fourth-order valence-corrected chi connectivity index (χ4v) is 3.38. The molecule has 1 aromatic heterocycles. The second kappa shape index (κ2) is 5.84. The largest absolute Gasteiger partial charge is 0.378 e. The second-order valence-electron chi connectivity index (χ2n) is 5.95. The van der Waals surface area contributed by atoms with Crippen LogP contribution in [0.3, 0.4) is 0 Å². The molecule has 1 atom stereocenters. The van der Waals surface area contributed by atoms with Gasteiger partial charge < -0.3 is 9.47 Å². The second-order valence-corrected chi connectivity index (χ2v) is 5.95. The lowest BCUT2D eigenvalue weighted by atomic mass is 9.84. The molecule has 0 aliphatic carbocycles. The van der Waals surface area contributed by atoms with E-state index in [1.165, 1.54) is 5.56 Å². The number of hydrogen-bond acceptors (Lipinski definition) is 4. The molecule has 5 heteroatoms. The van der Waals surface area contributed by atoms with Gasteiger partial charge >= 0.3 is 0 Å².